The largest absolute Gasteiger partial charge is 0.349 e. The van der Waals surface area contributed by atoms with Crippen LogP contribution in [-0.2, 0) is 0 Å². The molecule has 5 nitrogen and oxygen atoms in total. The van der Waals surface area contributed by atoms with Crippen LogP contribution < -0.4 is 10.9 Å². The maximum atomic E-state index is 11.8. The van der Waals surface area contributed by atoms with Crippen LogP contribution in [0.2, 0.25) is 0 Å². The van der Waals surface area contributed by atoms with E-state index in [1.54, 1.807) is 11.8 Å². The fourth-order valence-corrected chi connectivity index (χ4v) is 2.74. The van der Waals surface area contributed by atoms with Gasteiger partial charge in [-0.15, -0.1) is 0 Å². The van der Waals surface area contributed by atoms with Crippen LogP contribution in [0, 0.1) is 0 Å². The highest BCUT2D eigenvalue weighted by molar-refractivity contribution is 8.00. The van der Waals surface area contributed by atoms with Crippen LogP contribution in [0.25, 0.3) is 0 Å². The minimum atomic E-state index is -0.305. The molecule has 1 aliphatic rings. The Morgan fingerprint density at radius 1 is 1.59 bits per heavy atom. The molecular formula is C11H15N3O2S. The van der Waals surface area contributed by atoms with E-state index in [1.165, 1.54) is 18.6 Å². The number of hydrogen-bond acceptors (Lipinski definition) is 4. The molecule has 0 saturated heterocycles. The van der Waals surface area contributed by atoms with E-state index in [-0.39, 0.29) is 21.9 Å². The normalized spacial score (nSPS) is 17.2. The van der Waals surface area contributed by atoms with Gasteiger partial charge in [0.1, 0.15) is 5.69 Å². The van der Waals surface area contributed by atoms with Crippen molar-refractivity contribution in [1.29, 1.82) is 0 Å². The Morgan fingerprint density at radius 2 is 2.35 bits per heavy atom. The van der Waals surface area contributed by atoms with Crippen LogP contribution in [0.3, 0.4) is 0 Å². The average molecular weight is 253 g/mol. The first-order valence-corrected chi connectivity index (χ1v) is 6.77. The lowest BCUT2D eigenvalue weighted by molar-refractivity contribution is 0.0938. The SMILES string of the molecule is CSC1(CNC(=O)c2ccc(=O)[nH]n2)CCC1. The first-order chi connectivity index (χ1) is 8.15. The molecule has 0 atom stereocenters. The zero-order chi connectivity index (χ0) is 12.3. The summed E-state index contributed by atoms with van der Waals surface area (Å²) < 4.78 is 0.206. The summed E-state index contributed by atoms with van der Waals surface area (Å²) in [6.45, 7) is 0.661. The second-order valence-corrected chi connectivity index (χ2v) is 5.50. The predicted octanol–water partition coefficient (Wildman–Crippen LogP) is 0.785. The van der Waals surface area contributed by atoms with E-state index in [2.05, 4.69) is 21.8 Å². The Labute approximate surface area is 103 Å². The Hall–Kier alpha value is -1.30. The molecule has 1 aromatic rings. The number of aromatic amines is 1. The zero-order valence-corrected chi connectivity index (χ0v) is 10.5. The molecule has 92 valence electrons. The number of nitrogens with one attached hydrogen (secondary N) is 2. The molecule has 1 fully saturated rings. The summed E-state index contributed by atoms with van der Waals surface area (Å²) in [7, 11) is 0. The van der Waals surface area contributed by atoms with Gasteiger partial charge in [0.25, 0.3) is 11.5 Å². The molecule has 0 unspecified atom stereocenters. The minimum Gasteiger partial charge on any atom is -0.349 e. The fourth-order valence-electron chi connectivity index (χ4n) is 1.83. The second-order valence-electron chi connectivity index (χ2n) is 4.23. The van der Waals surface area contributed by atoms with Crippen molar-refractivity contribution < 1.29 is 4.79 Å². The van der Waals surface area contributed by atoms with E-state index in [4.69, 9.17) is 0 Å². The Morgan fingerprint density at radius 3 is 2.82 bits per heavy atom. The molecule has 1 aliphatic carbocycles. The first-order valence-electron chi connectivity index (χ1n) is 5.54. The van der Waals surface area contributed by atoms with Crippen LogP contribution in [0.5, 0.6) is 0 Å². The molecular weight excluding hydrogens is 238 g/mol. The lowest BCUT2D eigenvalue weighted by Gasteiger charge is -2.40. The molecule has 1 heterocycles. The maximum absolute atomic E-state index is 11.8. The van der Waals surface area contributed by atoms with E-state index in [0.29, 0.717) is 6.54 Å². The molecule has 2 rings (SSSR count). The number of thioether (sulfide) groups is 1. The summed E-state index contributed by atoms with van der Waals surface area (Å²) in [5.41, 5.74) is -0.0543. The van der Waals surface area contributed by atoms with Crippen LogP contribution >= 0.6 is 11.8 Å². The number of H-pyrrole nitrogens is 1. The van der Waals surface area contributed by atoms with Crippen molar-refractivity contribution in [2.24, 2.45) is 0 Å². The lowest BCUT2D eigenvalue weighted by atomic mass is 9.84. The molecule has 0 radical (unpaired) electrons. The van der Waals surface area contributed by atoms with Crippen molar-refractivity contribution >= 4 is 17.7 Å². The number of rotatable bonds is 4. The summed E-state index contributed by atoms with van der Waals surface area (Å²) in [6.07, 6.45) is 5.60. The van der Waals surface area contributed by atoms with Gasteiger partial charge in [0.05, 0.1) is 0 Å². The molecule has 17 heavy (non-hydrogen) atoms. The predicted molar refractivity (Wildman–Crippen MR) is 67.3 cm³/mol. The topological polar surface area (TPSA) is 74.8 Å². The number of nitrogens with zero attached hydrogens (tertiary/aromatic N) is 1. The van der Waals surface area contributed by atoms with E-state index in [9.17, 15) is 9.59 Å². The van der Waals surface area contributed by atoms with Crippen molar-refractivity contribution in [3.63, 3.8) is 0 Å². The quantitative estimate of drug-likeness (QED) is 0.831. The fraction of sp³-hybridized carbons (Fsp3) is 0.545. The van der Waals surface area contributed by atoms with Gasteiger partial charge in [-0.3, -0.25) is 9.59 Å². The molecule has 6 heteroatoms. The molecule has 1 aromatic heterocycles. The molecule has 1 amide bonds. The van der Waals surface area contributed by atoms with Crippen molar-refractivity contribution in [3.8, 4) is 0 Å². The van der Waals surface area contributed by atoms with Crippen molar-refractivity contribution in [3.05, 3.63) is 28.2 Å². The maximum Gasteiger partial charge on any atom is 0.271 e. The van der Waals surface area contributed by atoms with Gasteiger partial charge in [0.15, 0.2) is 0 Å². The third-order valence-corrected chi connectivity index (χ3v) is 4.60. The highest BCUT2D eigenvalue weighted by Gasteiger charge is 2.36. The van der Waals surface area contributed by atoms with Crippen molar-refractivity contribution in [1.82, 2.24) is 15.5 Å². The van der Waals surface area contributed by atoms with Gasteiger partial charge in [0.2, 0.25) is 0 Å². The number of aromatic nitrogens is 2. The van der Waals surface area contributed by atoms with Crippen molar-refractivity contribution in [2.75, 3.05) is 12.8 Å². The third-order valence-electron chi connectivity index (χ3n) is 3.18. The summed E-state index contributed by atoms with van der Waals surface area (Å²) in [5.74, 6) is -0.235. The standard InChI is InChI=1S/C11H15N3O2S/c1-17-11(5-2-6-11)7-12-10(16)8-3-4-9(15)14-13-8/h3-4H,2,5-7H2,1H3,(H,12,16)(H,14,15). The third kappa shape index (κ3) is 2.69. The van der Waals surface area contributed by atoms with Gasteiger partial charge in [-0.2, -0.15) is 16.9 Å². The zero-order valence-electron chi connectivity index (χ0n) is 9.66. The number of carbonyl (C=O) groups excluding carboxylic acids is 1. The van der Waals surface area contributed by atoms with E-state index in [0.717, 1.165) is 12.8 Å². The highest BCUT2D eigenvalue weighted by atomic mass is 32.2. The van der Waals surface area contributed by atoms with E-state index < -0.39 is 0 Å². The van der Waals surface area contributed by atoms with Gasteiger partial charge in [-0.25, -0.2) is 5.10 Å². The monoisotopic (exact) mass is 253 g/mol. The minimum absolute atomic E-state index is 0.206. The van der Waals surface area contributed by atoms with Crippen LogP contribution in [0.4, 0.5) is 0 Å². The summed E-state index contributed by atoms with van der Waals surface area (Å²) >= 11 is 1.81. The molecule has 2 N–H and O–H groups in total. The number of amides is 1. The Kier molecular flexibility index (Phi) is 3.51. The summed E-state index contributed by atoms with van der Waals surface area (Å²) in [5, 5.41) is 8.81. The first kappa shape index (κ1) is 12.2. The van der Waals surface area contributed by atoms with Gasteiger partial charge in [-0.1, -0.05) is 6.42 Å². The average Bonchev–Trinajstić information content (AvgIpc) is 2.29. The second kappa shape index (κ2) is 4.91. The smallest absolute Gasteiger partial charge is 0.271 e. The van der Waals surface area contributed by atoms with E-state index >= 15 is 0 Å². The van der Waals surface area contributed by atoms with Crippen molar-refractivity contribution in [2.45, 2.75) is 24.0 Å². The molecule has 0 bridgehead atoms. The van der Waals surface area contributed by atoms with Gasteiger partial charge in [-0.05, 0) is 25.2 Å². The molecule has 0 spiro atoms. The lowest BCUT2D eigenvalue weighted by Crippen LogP contribution is -2.45. The summed E-state index contributed by atoms with van der Waals surface area (Å²) in [4.78, 5) is 22.6. The Bertz CT molecular complexity index is 442. The van der Waals surface area contributed by atoms with Gasteiger partial charge in [0, 0.05) is 17.4 Å². The number of hydrogen-bond donors (Lipinski definition) is 2. The highest BCUT2D eigenvalue weighted by Crippen LogP contribution is 2.42. The molecule has 1 saturated carbocycles. The van der Waals surface area contributed by atoms with E-state index in [1.807, 2.05) is 0 Å². The Balaban J connectivity index is 1.93. The van der Waals surface area contributed by atoms with Gasteiger partial charge >= 0.3 is 0 Å². The number of carbonyl (C=O) groups is 1. The van der Waals surface area contributed by atoms with Crippen LogP contribution in [0.1, 0.15) is 29.8 Å². The van der Waals surface area contributed by atoms with Crippen LogP contribution in [-0.4, -0.2) is 33.7 Å². The summed E-state index contributed by atoms with van der Waals surface area (Å²) in [6, 6.07) is 2.73. The molecule has 0 aliphatic heterocycles. The van der Waals surface area contributed by atoms with Gasteiger partial charge < -0.3 is 5.32 Å². The molecule has 0 aromatic carbocycles. The van der Waals surface area contributed by atoms with Crippen LogP contribution in [0.15, 0.2) is 16.9 Å².